The topological polar surface area (TPSA) is 126 Å². The Morgan fingerprint density at radius 1 is 1.14 bits per heavy atom. The number of primary amides is 1. The number of methoxy groups -OCH3 is 1. The predicted molar refractivity (Wildman–Crippen MR) is 129 cm³/mol. The van der Waals surface area contributed by atoms with Gasteiger partial charge in [0.05, 0.1) is 29.6 Å². The number of carbonyl (C=O) groups is 3. The minimum Gasteiger partial charge on any atom is -0.468 e. The lowest BCUT2D eigenvalue weighted by atomic mass is 9.48. The number of halogens is 1. The smallest absolute Gasteiger partial charge is 0.410 e. The maximum absolute atomic E-state index is 14.0. The zero-order valence-electron chi connectivity index (χ0n) is 20.7. The van der Waals surface area contributed by atoms with Crippen LogP contribution in [-0.2, 0) is 25.6 Å². The van der Waals surface area contributed by atoms with E-state index in [-0.39, 0.29) is 43.0 Å². The molecule has 0 spiro atoms. The standard InChI is InChI=1S/C26H31FN4O6/c1-36-21(32)13-30-20-8-17(27)2-3-19(20)31(24(30)34)18-4-5-29(12-18)25(35)37-22-15-6-14-7-16(22)11-26(9-14,10-15)23(28)33/h2-3,8,14-16,18,22H,4-7,9-13H2,1H3,(H2,28,33). The van der Waals surface area contributed by atoms with Gasteiger partial charge in [-0.1, -0.05) is 0 Å². The van der Waals surface area contributed by atoms with Crippen LogP contribution in [0.15, 0.2) is 23.0 Å². The number of hydrogen-bond acceptors (Lipinski definition) is 6. The van der Waals surface area contributed by atoms with Crippen LogP contribution in [0.5, 0.6) is 0 Å². The van der Waals surface area contributed by atoms with Crippen LogP contribution < -0.4 is 11.4 Å². The summed E-state index contributed by atoms with van der Waals surface area (Å²) in [6.07, 6.45) is 4.02. The summed E-state index contributed by atoms with van der Waals surface area (Å²) >= 11 is 0. The van der Waals surface area contributed by atoms with Crippen molar-refractivity contribution in [3.63, 3.8) is 0 Å². The van der Waals surface area contributed by atoms with Crippen molar-refractivity contribution in [2.45, 2.75) is 57.2 Å². The predicted octanol–water partition coefficient (Wildman–Crippen LogP) is 2.18. The van der Waals surface area contributed by atoms with Crippen molar-refractivity contribution in [2.24, 2.45) is 28.9 Å². The van der Waals surface area contributed by atoms with Gasteiger partial charge in [0.1, 0.15) is 18.5 Å². The Kier molecular flexibility index (Phi) is 5.57. The lowest BCUT2D eigenvalue weighted by Crippen LogP contribution is -2.59. The number of rotatable bonds is 5. The zero-order valence-corrected chi connectivity index (χ0v) is 20.7. The molecule has 1 saturated heterocycles. The lowest BCUT2D eigenvalue weighted by Gasteiger charge is -2.58. The Hall–Kier alpha value is -3.37. The lowest BCUT2D eigenvalue weighted by molar-refractivity contribution is -0.161. The monoisotopic (exact) mass is 514 g/mol. The fourth-order valence-corrected chi connectivity index (χ4v) is 7.73. The number of likely N-dealkylation sites (tertiary alicyclic amines) is 1. The molecular weight excluding hydrogens is 483 g/mol. The average Bonchev–Trinajstić information content (AvgIpc) is 3.44. The molecule has 1 aromatic carbocycles. The van der Waals surface area contributed by atoms with Gasteiger partial charge in [0, 0.05) is 13.1 Å². The Balaban J connectivity index is 1.20. The molecule has 2 heterocycles. The molecule has 4 saturated carbocycles. The highest BCUT2D eigenvalue weighted by molar-refractivity contribution is 5.81. The van der Waals surface area contributed by atoms with E-state index in [1.54, 1.807) is 4.90 Å². The second-order valence-electron chi connectivity index (χ2n) is 11.3. The second-order valence-corrected chi connectivity index (χ2v) is 11.3. The molecule has 2 N–H and O–H groups in total. The third-order valence-electron chi connectivity index (χ3n) is 9.17. The molecule has 11 heteroatoms. The van der Waals surface area contributed by atoms with Crippen LogP contribution in [0, 0.1) is 29.0 Å². The SMILES string of the molecule is COC(=O)Cn1c(=O)n(C2CCN(C(=O)OC3C4CC5CC3CC(C(N)=O)(C5)C4)C2)c2ccc(F)cc21. The minimum absolute atomic E-state index is 0.148. The minimum atomic E-state index is -0.615. The van der Waals surface area contributed by atoms with Crippen molar-refractivity contribution >= 4 is 29.0 Å². The molecule has 3 atom stereocenters. The molecule has 2 amide bonds. The quantitative estimate of drug-likeness (QED) is 0.610. The van der Waals surface area contributed by atoms with Gasteiger partial charge in [-0.25, -0.2) is 14.0 Å². The van der Waals surface area contributed by atoms with E-state index < -0.39 is 29.0 Å². The molecule has 5 fully saturated rings. The zero-order chi connectivity index (χ0) is 26.1. The Bertz CT molecular complexity index is 1330. The first-order valence-electron chi connectivity index (χ1n) is 12.9. The van der Waals surface area contributed by atoms with Gasteiger partial charge in [0.15, 0.2) is 0 Å². The van der Waals surface area contributed by atoms with Crippen molar-refractivity contribution in [1.29, 1.82) is 0 Å². The number of ether oxygens (including phenoxy) is 2. The molecule has 4 aliphatic carbocycles. The number of nitrogens with two attached hydrogens (primary N) is 1. The average molecular weight is 515 g/mol. The fraction of sp³-hybridized carbons (Fsp3) is 0.615. The largest absolute Gasteiger partial charge is 0.468 e. The summed E-state index contributed by atoms with van der Waals surface area (Å²) < 4.78 is 27.5. The van der Waals surface area contributed by atoms with Gasteiger partial charge in [-0.05, 0) is 74.5 Å². The van der Waals surface area contributed by atoms with Crippen LogP contribution in [0.25, 0.3) is 11.0 Å². The van der Waals surface area contributed by atoms with Crippen LogP contribution in [0.1, 0.15) is 44.6 Å². The first kappa shape index (κ1) is 24.0. The highest BCUT2D eigenvalue weighted by atomic mass is 19.1. The molecule has 5 aliphatic rings. The summed E-state index contributed by atoms with van der Waals surface area (Å²) in [7, 11) is 1.23. The van der Waals surface area contributed by atoms with E-state index in [1.165, 1.54) is 34.4 Å². The van der Waals surface area contributed by atoms with Gasteiger partial charge in [-0.3, -0.25) is 18.7 Å². The molecule has 10 nitrogen and oxygen atoms in total. The highest BCUT2D eigenvalue weighted by Crippen LogP contribution is 2.60. The molecule has 0 radical (unpaired) electrons. The summed E-state index contributed by atoms with van der Waals surface area (Å²) in [6.45, 7) is 0.346. The molecule has 198 valence electrons. The van der Waals surface area contributed by atoms with E-state index in [4.69, 9.17) is 15.2 Å². The molecule has 3 unspecified atom stereocenters. The van der Waals surface area contributed by atoms with Crippen molar-refractivity contribution in [1.82, 2.24) is 14.0 Å². The van der Waals surface area contributed by atoms with Crippen LogP contribution in [0.4, 0.5) is 9.18 Å². The number of esters is 1. The van der Waals surface area contributed by atoms with E-state index in [0.717, 1.165) is 19.3 Å². The highest BCUT2D eigenvalue weighted by Gasteiger charge is 2.59. The van der Waals surface area contributed by atoms with Crippen molar-refractivity contribution < 1.29 is 28.2 Å². The Labute approximate surface area is 212 Å². The summed E-state index contributed by atoms with van der Waals surface area (Å²) in [5.74, 6) is -0.597. The van der Waals surface area contributed by atoms with Crippen LogP contribution in [0.2, 0.25) is 0 Å². The number of benzene rings is 1. The normalized spacial score (nSPS) is 32.2. The third-order valence-corrected chi connectivity index (χ3v) is 9.17. The van der Waals surface area contributed by atoms with Gasteiger partial charge in [0.2, 0.25) is 5.91 Å². The van der Waals surface area contributed by atoms with E-state index in [1.807, 2.05) is 0 Å². The Morgan fingerprint density at radius 3 is 2.54 bits per heavy atom. The fourth-order valence-electron chi connectivity index (χ4n) is 7.73. The molecular formula is C26H31FN4O6. The number of amides is 2. The van der Waals surface area contributed by atoms with Crippen LogP contribution >= 0.6 is 0 Å². The van der Waals surface area contributed by atoms with Gasteiger partial charge >= 0.3 is 17.8 Å². The van der Waals surface area contributed by atoms with Crippen LogP contribution in [-0.4, -0.2) is 58.3 Å². The first-order valence-corrected chi connectivity index (χ1v) is 12.9. The number of carbonyl (C=O) groups excluding carboxylic acids is 3. The van der Waals surface area contributed by atoms with Gasteiger partial charge in [-0.15, -0.1) is 0 Å². The number of nitrogens with zero attached hydrogens (tertiary/aromatic N) is 3. The van der Waals surface area contributed by atoms with E-state index in [2.05, 4.69) is 0 Å². The molecule has 7 rings (SSSR count). The summed E-state index contributed by atoms with van der Waals surface area (Å²) in [5.41, 5.74) is 5.66. The van der Waals surface area contributed by atoms with E-state index in [9.17, 15) is 23.6 Å². The van der Waals surface area contributed by atoms with Crippen molar-refractivity contribution in [3.05, 3.63) is 34.5 Å². The molecule has 1 aliphatic heterocycles. The maximum Gasteiger partial charge on any atom is 0.410 e. The van der Waals surface area contributed by atoms with Gasteiger partial charge in [-0.2, -0.15) is 0 Å². The summed E-state index contributed by atoms with van der Waals surface area (Å²) in [5, 5.41) is 0. The van der Waals surface area contributed by atoms with Crippen molar-refractivity contribution in [2.75, 3.05) is 20.2 Å². The first-order chi connectivity index (χ1) is 17.7. The maximum atomic E-state index is 14.0. The number of imidazole rings is 1. The third kappa shape index (κ3) is 3.81. The van der Waals surface area contributed by atoms with E-state index in [0.29, 0.717) is 42.8 Å². The second kappa shape index (κ2) is 8.59. The van der Waals surface area contributed by atoms with Gasteiger partial charge < -0.3 is 20.1 Å². The van der Waals surface area contributed by atoms with Crippen molar-refractivity contribution in [3.8, 4) is 0 Å². The van der Waals surface area contributed by atoms with Crippen LogP contribution in [0.3, 0.4) is 0 Å². The molecule has 4 bridgehead atoms. The Morgan fingerprint density at radius 2 is 1.86 bits per heavy atom. The summed E-state index contributed by atoms with van der Waals surface area (Å²) in [4.78, 5) is 52.3. The molecule has 37 heavy (non-hydrogen) atoms. The summed E-state index contributed by atoms with van der Waals surface area (Å²) in [6, 6.07) is 3.67. The molecule has 1 aromatic heterocycles. The number of hydrogen-bond donors (Lipinski definition) is 1. The number of fused-ring (bicyclic) bond motifs is 1. The van der Waals surface area contributed by atoms with Gasteiger partial charge in [0.25, 0.3) is 0 Å². The number of aromatic nitrogens is 2. The molecule has 2 aromatic rings. The van der Waals surface area contributed by atoms with E-state index >= 15 is 0 Å².